The second-order valence-corrected chi connectivity index (χ2v) is 5.08. The van der Waals surface area contributed by atoms with Crippen molar-refractivity contribution in [2.24, 2.45) is 0 Å². The molecule has 0 aromatic carbocycles. The van der Waals surface area contributed by atoms with E-state index in [0.717, 1.165) is 0 Å². The van der Waals surface area contributed by atoms with E-state index in [9.17, 15) is 9.59 Å². The maximum atomic E-state index is 12.0. The summed E-state index contributed by atoms with van der Waals surface area (Å²) in [7, 11) is 1.45. The van der Waals surface area contributed by atoms with Crippen LogP contribution in [0.1, 0.15) is 27.7 Å². The van der Waals surface area contributed by atoms with Crippen LogP contribution in [0.3, 0.4) is 0 Å². The number of nitrogens with zero attached hydrogens (tertiary/aromatic N) is 1. The molecule has 6 heteroatoms. The third-order valence-corrected chi connectivity index (χ3v) is 2.98. The molecule has 1 N–H and O–H groups in total. The average Bonchev–Trinajstić information content (AvgIpc) is 2.56. The normalized spacial score (nSPS) is 23.5. The van der Waals surface area contributed by atoms with Gasteiger partial charge in [0.2, 0.25) is 0 Å². The van der Waals surface area contributed by atoms with E-state index in [1.54, 1.807) is 13.8 Å². The van der Waals surface area contributed by atoms with Crippen LogP contribution in [-0.4, -0.2) is 53.0 Å². The van der Waals surface area contributed by atoms with Crippen LogP contribution in [-0.2, 0) is 19.1 Å². The first-order valence-electron chi connectivity index (χ1n) is 5.41. The van der Waals surface area contributed by atoms with Gasteiger partial charge in [-0.05, 0) is 27.7 Å². The fourth-order valence-electron chi connectivity index (χ4n) is 1.44. The second-order valence-electron chi connectivity index (χ2n) is 5.08. The number of carboxylic acid groups (broad SMARTS) is 1. The molecule has 1 rings (SSSR count). The molecule has 1 aliphatic rings. The number of hydrogen-bond donors (Lipinski definition) is 1. The molecule has 0 saturated carbocycles. The van der Waals surface area contributed by atoms with Gasteiger partial charge in [0.1, 0.15) is 5.54 Å². The molecular weight excluding hydrogens is 226 g/mol. The number of aliphatic carboxylic acids is 1. The lowest BCUT2D eigenvalue weighted by Gasteiger charge is -2.33. The monoisotopic (exact) mass is 245 g/mol. The Morgan fingerprint density at radius 3 is 2.29 bits per heavy atom. The lowest BCUT2D eigenvalue weighted by molar-refractivity contribution is -0.168. The van der Waals surface area contributed by atoms with E-state index < -0.39 is 23.4 Å². The van der Waals surface area contributed by atoms with Crippen molar-refractivity contribution in [2.45, 2.75) is 45.1 Å². The van der Waals surface area contributed by atoms with Gasteiger partial charge in [-0.3, -0.25) is 4.79 Å². The zero-order chi connectivity index (χ0) is 13.4. The van der Waals surface area contributed by atoms with Crippen molar-refractivity contribution in [1.29, 1.82) is 0 Å². The number of carbonyl (C=O) groups is 2. The van der Waals surface area contributed by atoms with Crippen LogP contribution in [0.25, 0.3) is 0 Å². The molecule has 1 fully saturated rings. The quantitative estimate of drug-likeness (QED) is 0.781. The van der Waals surface area contributed by atoms with Gasteiger partial charge < -0.3 is 19.5 Å². The molecule has 1 heterocycles. The molecule has 0 spiro atoms. The summed E-state index contributed by atoms with van der Waals surface area (Å²) in [5.74, 6) is -2.25. The molecule has 1 amide bonds. The van der Waals surface area contributed by atoms with Gasteiger partial charge in [0.15, 0.2) is 11.9 Å². The Hall–Kier alpha value is -1.14. The minimum atomic E-state index is -1.27. The summed E-state index contributed by atoms with van der Waals surface area (Å²) in [5.41, 5.74) is -1.27. The Morgan fingerprint density at radius 1 is 1.41 bits per heavy atom. The number of carbonyl (C=O) groups excluding carboxylic acids is 1. The average molecular weight is 245 g/mol. The van der Waals surface area contributed by atoms with E-state index in [-0.39, 0.29) is 12.5 Å². The Labute approximate surface area is 100 Å². The lowest BCUT2D eigenvalue weighted by Crippen LogP contribution is -2.54. The van der Waals surface area contributed by atoms with Crippen molar-refractivity contribution >= 4 is 11.9 Å². The van der Waals surface area contributed by atoms with Gasteiger partial charge in [-0.15, -0.1) is 0 Å². The van der Waals surface area contributed by atoms with Gasteiger partial charge in [-0.2, -0.15) is 0 Å². The highest BCUT2D eigenvalue weighted by atomic mass is 16.7. The van der Waals surface area contributed by atoms with Crippen molar-refractivity contribution in [1.82, 2.24) is 4.90 Å². The Balaban J connectivity index is 2.75. The van der Waals surface area contributed by atoms with E-state index in [4.69, 9.17) is 14.6 Å². The van der Waals surface area contributed by atoms with Gasteiger partial charge in [-0.25, -0.2) is 4.79 Å². The molecule has 6 nitrogen and oxygen atoms in total. The minimum absolute atomic E-state index is 0.145. The molecule has 1 atom stereocenters. The molecule has 0 bridgehead atoms. The van der Waals surface area contributed by atoms with Crippen molar-refractivity contribution in [2.75, 3.05) is 13.7 Å². The van der Waals surface area contributed by atoms with E-state index in [1.807, 2.05) is 0 Å². The van der Waals surface area contributed by atoms with E-state index >= 15 is 0 Å². The van der Waals surface area contributed by atoms with Crippen LogP contribution >= 0.6 is 0 Å². The Bertz CT molecular complexity index is 337. The summed E-state index contributed by atoms with van der Waals surface area (Å²) in [5, 5.41) is 9.04. The van der Waals surface area contributed by atoms with Crippen LogP contribution in [0.15, 0.2) is 0 Å². The number of hydrogen-bond acceptors (Lipinski definition) is 4. The molecule has 0 aromatic rings. The summed E-state index contributed by atoms with van der Waals surface area (Å²) in [6, 6.07) is 0. The highest BCUT2D eigenvalue weighted by Crippen LogP contribution is 2.25. The topological polar surface area (TPSA) is 76.1 Å². The number of rotatable bonds is 3. The van der Waals surface area contributed by atoms with E-state index in [0.29, 0.717) is 0 Å². The Kier molecular flexibility index (Phi) is 3.50. The molecule has 1 aliphatic heterocycles. The zero-order valence-electron chi connectivity index (χ0n) is 10.8. The van der Waals surface area contributed by atoms with Gasteiger partial charge in [0.25, 0.3) is 5.91 Å². The number of ether oxygens (including phenoxy) is 2. The lowest BCUT2D eigenvalue weighted by atomic mass is 10.0. The molecule has 17 heavy (non-hydrogen) atoms. The predicted molar refractivity (Wildman–Crippen MR) is 59.4 cm³/mol. The van der Waals surface area contributed by atoms with Crippen LogP contribution in [0, 0.1) is 0 Å². The van der Waals surface area contributed by atoms with Crippen LogP contribution in [0.2, 0.25) is 0 Å². The van der Waals surface area contributed by atoms with Gasteiger partial charge in [-0.1, -0.05) is 0 Å². The summed E-state index contributed by atoms with van der Waals surface area (Å²) >= 11 is 0. The van der Waals surface area contributed by atoms with Gasteiger partial charge >= 0.3 is 5.97 Å². The van der Waals surface area contributed by atoms with Gasteiger partial charge in [0.05, 0.1) is 6.61 Å². The van der Waals surface area contributed by atoms with Crippen LogP contribution in [0.4, 0.5) is 0 Å². The first kappa shape index (κ1) is 13.9. The number of likely N-dealkylation sites (N-methyl/N-ethyl adjacent to an activating group) is 1. The first-order valence-corrected chi connectivity index (χ1v) is 5.41. The highest BCUT2D eigenvalue weighted by molar-refractivity contribution is 5.88. The molecule has 0 radical (unpaired) electrons. The standard InChI is InChI=1S/C11H19NO5/c1-10(2,9(14)15)12(5)8(13)7-6-16-11(3,4)17-7/h7H,6H2,1-5H3,(H,14,15). The molecular formula is C11H19NO5. The maximum Gasteiger partial charge on any atom is 0.329 e. The maximum absolute atomic E-state index is 12.0. The van der Waals surface area contributed by atoms with Gasteiger partial charge in [0, 0.05) is 7.05 Å². The molecule has 1 unspecified atom stereocenters. The minimum Gasteiger partial charge on any atom is -0.480 e. The highest BCUT2D eigenvalue weighted by Gasteiger charge is 2.43. The summed E-state index contributed by atoms with van der Waals surface area (Å²) in [6.45, 7) is 6.50. The fraction of sp³-hybridized carbons (Fsp3) is 0.818. The predicted octanol–water partition coefficient (Wildman–Crippen LogP) is 0.459. The van der Waals surface area contributed by atoms with Crippen molar-refractivity contribution in [3.05, 3.63) is 0 Å². The fourth-order valence-corrected chi connectivity index (χ4v) is 1.44. The van der Waals surface area contributed by atoms with E-state index in [2.05, 4.69) is 0 Å². The van der Waals surface area contributed by atoms with E-state index in [1.165, 1.54) is 25.8 Å². The molecule has 98 valence electrons. The summed E-state index contributed by atoms with van der Waals surface area (Å²) in [6.07, 6.45) is -0.742. The van der Waals surface area contributed by atoms with Crippen molar-refractivity contribution < 1.29 is 24.2 Å². The molecule has 1 saturated heterocycles. The summed E-state index contributed by atoms with van der Waals surface area (Å²) < 4.78 is 10.7. The largest absolute Gasteiger partial charge is 0.480 e. The van der Waals surface area contributed by atoms with Crippen molar-refractivity contribution in [3.8, 4) is 0 Å². The van der Waals surface area contributed by atoms with Crippen LogP contribution < -0.4 is 0 Å². The second kappa shape index (κ2) is 4.27. The smallest absolute Gasteiger partial charge is 0.329 e. The number of amides is 1. The first-order chi connectivity index (χ1) is 7.58. The zero-order valence-corrected chi connectivity index (χ0v) is 10.8. The molecule has 0 aromatic heterocycles. The Morgan fingerprint density at radius 2 is 1.94 bits per heavy atom. The van der Waals surface area contributed by atoms with Crippen molar-refractivity contribution in [3.63, 3.8) is 0 Å². The third kappa shape index (κ3) is 2.76. The SMILES string of the molecule is CN(C(=O)C1COC(C)(C)O1)C(C)(C)C(=O)O. The molecule has 0 aliphatic carbocycles. The summed E-state index contributed by atoms with van der Waals surface area (Å²) in [4.78, 5) is 24.3. The van der Waals surface area contributed by atoms with Crippen LogP contribution in [0.5, 0.6) is 0 Å². The third-order valence-electron chi connectivity index (χ3n) is 2.98. The number of carboxylic acids is 1.